The second kappa shape index (κ2) is 9.17. The van der Waals surface area contributed by atoms with Crippen LogP contribution in [-0.4, -0.2) is 49.0 Å². The van der Waals surface area contributed by atoms with Crippen molar-refractivity contribution in [1.82, 2.24) is 0 Å². The Morgan fingerprint density at radius 2 is 1.78 bits per heavy atom. The Bertz CT molecular complexity index is 1080. The van der Waals surface area contributed by atoms with Gasteiger partial charge in [-0.2, -0.15) is 13.2 Å². The molecular formula is C17H15F8NO9S. The highest BCUT2D eigenvalue weighted by Gasteiger charge is 2.65. The van der Waals surface area contributed by atoms with Crippen LogP contribution < -0.4 is 4.74 Å². The largest absolute Gasteiger partial charge is 0.511 e. The predicted molar refractivity (Wildman–Crippen MR) is 102 cm³/mol. The molecule has 0 fully saturated rings. The molecule has 0 bridgehead atoms. The summed E-state index contributed by atoms with van der Waals surface area (Å²) in [5, 5.41) is 9.03. The minimum absolute atomic E-state index is 0.158. The SMILES string of the molecule is C[C@@H](CCOC(=O)OCOC(=O)C1=Cc2cc(S(F)(F)(F)(F)F)ccc2O[C@@H]1C(F)(F)F)O[N+](=O)[O-]. The van der Waals surface area contributed by atoms with E-state index >= 15 is 0 Å². The second-order valence-electron chi connectivity index (χ2n) is 7.03. The van der Waals surface area contributed by atoms with Gasteiger partial charge in [-0.15, -0.1) is 10.1 Å². The van der Waals surface area contributed by atoms with E-state index in [0.29, 0.717) is 0 Å². The number of benzene rings is 1. The molecule has 2 atom stereocenters. The van der Waals surface area contributed by atoms with Gasteiger partial charge >= 0.3 is 28.5 Å². The first-order valence-corrected chi connectivity index (χ1v) is 11.2. The fourth-order valence-corrected chi connectivity index (χ4v) is 3.27. The Kier molecular flexibility index (Phi) is 7.32. The van der Waals surface area contributed by atoms with E-state index in [9.17, 15) is 52.3 Å². The number of carbonyl (C=O) groups is 2. The summed E-state index contributed by atoms with van der Waals surface area (Å²) >= 11 is 0. The van der Waals surface area contributed by atoms with E-state index in [0.717, 1.165) is 0 Å². The summed E-state index contributed by atoms with van der Waals surface area (Å²) in [6, 6.07) is -0.0977. The van der Waals surface area contributed by atoms with Crippen molar-refractivity contribution in [3.05, 3.63) is 39.4 Å². The highest BCUT2D eigenvalue weighted by molar-refractivity contribution is 8.45. The van der Waals surface area contributed by atoms with Crippen LogP contribution in [0.5, 0.6) is 5.75 Å². The zero-order valence-corrected chi connectivity index (χ0v) is 18.5. The van der Waals surface area contributed by atoms with E-state index in [4.69, 9.17) is 0 Å². The molecule has 0 aromatic heterocycles. The maximum absolute atomic E-state index is 13.3. The first-order chi connectivity index (χ1) is 16.2. The number of rotatable bonds is 9. The van der Waals surface area contributed by atoms with Gasteiger partial charge in [0.1, 0.15) is 16.7 Å². The Hall–Kier alpha value is -3.51. The fourth-order valence-electron chi connectivity index (χ4n) is 2.59. The Morgan fingerprint density at radius 3 is 2.33 bits per heavy atom. The van der Waals surface area contributed by atoms with Gasteiger partial charge in [-0.05, 0) is 31.2 Å². The van der Waals surface area contributed by atoms with E-state index in [1.165, 1.54) is 6.92 Å². The average molecular weight is 561 g/mol. The van der Waals surface area contributed by atoms with Gasteiger partial charge in [0, 0.05) is 12.0 Å². The van der Waals surface area contributed by atoms with Gasteiger partial charge in [-0.25, -0.2) is 9.59 Å². The standard InChI is InChI=1S/C17H15F8NO9S/c1-9(35-26(29)30)4-5-31-16(28)33-8-32-15(27)12-7-10-6-11(36(21,22,23,24)25)2-3-13(10)34-14(12)17(18,19)20/h2-3,6-7,9,14H,4-5,8H2,1H3/t9-,14-/m0/s1. The van der Waals surface area contributed by atoms with Gasteiger partial charge in [-0.3, -0.25) is 0 Å². The second-order valence-corrected chi connectivity index (χ2v) is 9.44. The Balaban J connectivity index is 2.10. The van der Waals surface area contributed by atoms with Gasteiger partial charge < -0.3 is 23.8 Å². The van der Waals surface area contributed by atoms with Crippen molar-refractivity contribution in [3.8, 4) is 5.75 Å². The normalized spacial score (nSPS) is 18.2. The van der Waals surface area contributed by atoms with Gasteiger partial charge in [0.2, 0.25) is 12.9 Å². The van der Waals surface area contributed by atoms with Crippen molar-refractivity contribution in [3.63, 3.8) is 0 Å². The fraction of sp³-hybridized carbons (Fsp3) is 0.412. The van der Waals surface area contributed by atoms with E-state index in [-0.39, 0.29) is 30.7 Å². The molecule has 10 nitrogen and oxygen atoms in total. The monoisotopic (exact) mass is 561 g/mol. The molecule has 0 saturated heterocycles. The number of nitrogens with zero attached hydrogens (tertiary/aromatic N) is 1. The van der Waals surface area contributed by atoms with Crippen LogP contribution in [-0.2, 0) is 23.8 Å². The zero-order valence-electron chi connectivity index (χ0n) is 17.6. The number of halogens is 8. The quantitative estimate of drug-likeness (QED) is 0.123. The maximum Gasteiger partial charge on any atom is 0.511 e. The summed E-state index contributed by atoms with van der Waals surface area (Å²) in [5.74, 6) is -2.73. The lowest BCUT2D eigenvalue weighted by atomic mass is 10.0. The van der Waals surface area contributed by atoms with Crippen molar-refractivity contribution in [1.29, 1.82) is 0 Å². The van der Waals surface area contributed by atoms with Crippen LogP contribution in [0.2, 0.25) is 0 Å². The smallest absolute Gasteiger partial charge is 0.475 e. The molecular weight excluding hydrogens is 546 g/mol. The topological polar surface area (TPSA) is 123 Å². The molecule has 0 saturated carbocycles. The molecule has 0 unspecified atom stereocenters. The summed E-state index contributed by atoms with van der Waals surface area (Å²) in [6.45, 7) is -0.504. The van der Waals surface area contributed by atoms with Crippen LogP contribution >= 0.6 is 10.2 Å². The van der Waals surface area contributed by atoms with Crippen LogP contribution in [0.1, 0.15) is 18.9 Å². The van der Waals surface area contributed by atoms with Crippen LogP contribution in [0.15, 0.2) is 28.7 Å². The molecule has 0 spiro atoms. The summed E-state index contributed by atoms with van der Waals surface area (Å²) in [4.78, 5) is 35.3. The third kappa shape index (κ3) is 8.02. The molecule has 19 heteroatoms. The summed E-state index contributed by atoms with van der Waals surface area (Å²) in [7, 11) is -10.2. The van der Waals surface area contributed by atoms with Gasteiger partial charge in [0.25, 0.3) is 5.09 Å². The minimum Gasteiger partial charge on any atom is -0.475 e. The highest BCUT2D eigenvalue weighted by atomic mass is 32.5. The molecule has 1 aliphatic heterocycles. The van der Waals surface area contributed by atoms with Crippen molar-refractivity contribution in [2.75, 3.05) is 13.4 Å². The zero-order chi connectivity index (χ0) is 27.6. The number of ether oxygens (including phenoxy) is 4. The molecule has 0 aliphatic carbocycles. The number of hydrogen-bond acceptors (Lipinski definition) is 9. The van der Waals surface area contributed by atoms with Gasteiger partial charge in [-0.1, -0.05) is 19.4 Å². The third-order valence-electron chi connectivity index (χ3n) is 4.18. The van der Waals surface area contributed by atoms with Crippen LogP contribution in [0.3, 0.4) is 0 Å². The average Bonchev–Trinajstić information content (AvgIpc) is 2.69. The van der Waals surface area contributed by atoms with Crippen LogP contribution in [0.4, 0.5) is 37.4 Å². The highest BCUT2D eigenvalue weighted by Crippen LogP contribution is 3.02. The molecule has 1 aromatic rings. The predicted octanol–water partition coefficient (Wildman–Crippen LogP) is 5.69. The molecule has 1 heterocycles. The molecule has 0 amide bonds. The van der Waals surface area contributed by atoms with E-state index in [2.05, 4.69) is 23.8 Å². The van der Waals surface area contributed by atoms with Crippen molar-refractivity contribution in [2.45, 2.75) is 36.6 Å². The summed E-state index contributed by atoms with van der Waals surface area (Å²) < 4.78 is 123. The molecule has 36 heavy (non-hydrogen) atoms. The molecule has 0 N–H and O–H groups in total. The number of esters is 1. The van der Waals surface area contributed by atoms with Gasteiger partial charge in [0.05, 0.1) is 12.2 Å². The maximum atomic E-state index is 13.3. The minimum atomic E-state index is -10.2. The van der Waals surface area contributed by atoms with Crippen molar-refractivity contribution >= 4 is 28.4 Å². The molecule has 0 radical (unpaired) electrons. The first kappa shape index (κ1) is 28.7. The van der Waals surface area contributed by atoms with Crippen molar-refractivity contribution < 1.29 is 71.1 Å². The van der Waals surface area contributed by atoms with E-state index < -0.39 is 81.0 Å². The lowest BCUT2D eigenvalue weighted by molar-refractivity contribution is -0.767. The van der Waals surface area contributed by atoms with E-state index in [1.54, 1.807) is 0 Å². The number of fused-ring (bicyclic) bond motifs is 1. The lowest BCUT2D eigenvalue weighted by Crippen LogP contribution is -2.41. The Morgan fingerprint density at radius 1 is 1.14 bits per heavy atom. The molecule has 1 aromatic carbocycles. The number of carbonyl (C=O) groups excluding carboxylic acids is 2. The van der Waals surface area contributed by atoms with Crippen LogP contribution in [0.25, 0.3) is 6.08 Å². The third-order valence-corrected chi connectivity index (χ3v) is 5.32. The number of alkyl halides is 3. The summed E-state index contributed by atoms with van der Waals surface area (Å²) in [6.07, 6.45) is -10.7. The molecule has 204 valence electrons. The Labute approximate surface area is 195 Å². The summed E-state index contributed by atoms with van der Waals surface area (Å²) in [5.41, 5.74) is -2.34. The number of hydrogen-bond donors (Lipinski definition) is 0. The van der Waals surface area contributed by atoms with E-state index in [1.807, 2.05) is 0 Å². The van der Waals surface area contributed by atoms with Crippen LogP contribution in [0, 0.1) is 10.1 Å². The molecule has 2 rings (SSSR count). The van der Waals surface area contributed by atoms with Crippen molar-refractivity contribution in [2.24, 2.45) is 0 Å². The molecule has 1 aliphatic rings. The van der Waals surface area contributed by atoms with Gasteiger partial charge in [0.15, 0.2) is 0 Å². The first-order valence-electron chi connectivity index (χ1n) is 9.28. The lowest BCUT2D eigenvalue weighted by Gasteiger charge is -2.41.